The minimum absolute atomic E-state index is 0.0700. The lowest BCUT2D eigenvalue weighted by Gasteiger charge is -2.12. The molecule has 1 aromatic carbocycles. The second kappa shape index (κ2) is 9.23. The van der Waals surface area contributed by atoms with Gasteiger partial charge in [0.1, 0.15) is 0 Å². The summed E-state index contributed by atoms with van der Waals surface area (Å²) in [6.45, 7) is 9.71. The van der Waals surface area contributed by atoms with Crippen LogP contribution in [0.4, 0.5) is 5.13 Å². The molecular weight excluding hydrogens is 434 g/mol. The number of amides is 1. The van der Waals surface area contributed by atoms with E-state index in [-0.39, 0.29) is 17.7 Å². The van der Waals surface area contributed by atoms with Crippen molar-refractivity contribution in [2.45, 2.75) is 53.5 Å². The summed E-state index contributed by atoms with van der Waals surface area (Å²) < 4.78 is 1.92. The molecular formula is C25H27N5O2S. The van der Waals surface area contributed by atoms with Gasteiger partial charge in [-0.1, -0.05) is 41.7 Å². The number of thiazole rings is 1. The van der Waals surface area contributed by atoms with E-state index in [1.807, 2.05) is 48.1 Å². The van der Waals surface area contributed by atoms with Crippen LogP contribution in [-0.4, -0.2) is 31.4 Å². The molecule has 7 nitrogen and oxygen atoms in total. The highest BCUT2D eigenvalue weighted by molar-refractivity contribution is 7.18. The second-order valence-electron chi connectivity index (χ2n) is 8.39. The number of fused-ring (bicyclic) bond motifs is 1. The molecule has 3 heterocycles. The predicted molar refractivity (Wildman–Crippen MR) is 132 cm³/mol. The molecule has 0 spiro atoms. The van der Waals surface area contributed by atoms with Gasteiger partial charge in [-0.25, -0.2) is 14.6 Å². The fourth-order valence-corrected chi connectivity index (χ4v) is 4.86. The third-order valence-electron chi connectivity index (χ3n) is 5.67. The van der Waals surface area contributed by atoms with Gasteiger partial charge in [0.2, 0.25) is 5.91 Å². The standard InChI is InChI=1S/C25H27N5O2S/c1-14(2)30-24-20(13-26-30)15(3)19(16(4)27-24)11-12-21(32)28-25-29-22(23(33-25)17(5)31)18-9-7-6-8-10-18/h6-10,13-14H,11-12H2,1-5H3,(H,28,29,32). The van der Waals surface area contributed by atoms with E-state index >= 15 is 0 Å². The summed E-state index contributed by atoms with van der Waals surface area (Å²) in [7, 11) is 0. The first-order chi connectivity index (χ1) is 15.8. The summed E-state index contributed by atoms with van der Waals surface area (Å²) in [5.74, 6) is -0.213. The molecule has 1 amide bonds. The van der Waals surface area contributed by atoms with Crippen molar-refractivity contribution in [1.29, 1.82) is 0 Å². The molecule has 0 atom stereocenters. The van der Waals surface area contributed by atoms with Crippen LogP contribution in [0.5, 0.6) is 0 Å². The Morgan fingerprint density at radius 3 is 2.52 bits per heavy atom. The highest BCUT2D eigenvalue weighted by atomic mass is 32.1. The lowest BCUT2D eigenvalue weighted by Crippen LogP contribution is -2.13. The Bertz CT molecular complexity index is 1340. The van der Waals surface area contributed by atoms with E-state index in [1.165, 1.54) is 18.3 Å². The van der Waals surface area contributed by atoms with Gasteiger partial charge in [-0.15, -0.1) is 0 Å². The molecule has 3 aromatic heterocycles. The van der Waals surface area contributed by atoms with Crippen LogP contribution in [0, 0.1) is 13.8 Å². The molecule has 4 aromatic rings. The lowest BCUT2D eigenvalue weighted by atomic mass is 10.0. The molecule has 0 saturated heterocycles. The number of nitrogens with zero attached hydrogens (tertiary/aromatic N) is 4. The Morgan fingerprint density at radius 1 is 1.12 bits per heavy atom. The van der Waals surface area contributed by atoms with E-state index in [2.05, 4.69) is 36.2 Å². The van der Waals surface area contributed by atoms with Gasteiger partial charge in [-0.2, -0.15) is 5.10 Å². The topological polar surface area (TPSA) is 89.8 Å². The largest absolute Gasteiger partial charge is 0.302 e. The van der Waals surface area contributed by atoms with Gasteiger partial charge in [0, 0.05) is 36.0 Å². The van der Waals surface area contributed by atoms with Gasteiger partial charge in [-0.05, 0) is 45.2 Å². The molecule has 33 heavy (non-hydrogen) atoms. The fraction of sp³-hybridized carbons (Fsp3) is 0.320. The normalized spacial score (nSPS) is 11.3. The second-order valence-corrected chi connectivity index (χ2v) is 9.39. The third kappa shape index (κ3) is 4.57. The van der Waals surface area contributed by atoms with Crippen LogP contribution in [0.15, 0.2) is 36.5 Å². The number of aromatic nitrogens is 4. The van der Waals surface area contributed by atoms with Crippen LogP contribution in [-0.2, 0) is 11.2 Å². The predicted octanol–water partition coefficient (Wildman–Crippen LogP) is 5.53. The van der Waals surface area contributed by atoms with Crippen LogP contribution in [0.2, 0.25) is 0 Å². The van der Waals surface area contributed by atoms with Crippen LogP contribution in [0.3, 0.4) is 0 Å². The number of anilines is 1. The number of carbonyl (C=O) groups excluding carboxylic acids is 2. The molecule has 1 N–H and O–H groups in total. The van der Waals surface area contributed by atoms with Gasteiger partial charge in [0.15, 0.2) is 16.6 Å². The maximum Gasteiger partial charge on any atom is 0.226 e. The number of benzene rings is 1. The molecule has 0 aliphatic heterocycles. The minimum Gasteiger partial charge on any atom is -0.302 e. The molecule has 0 fully saturated rings. The first-order valence-corrected chi connectivity index (χ1v) is 11.8. The minimum atomic E-state index is -0.143. The van der Waals surface area contributed by atoms with E-state index in [4.69, 9.17) is 4.98 Å². The highest BCUT2D eigenvalue weighted by Gasteiger charge is 2.19. The summed E-state index contributed by atoms with van der Waals surface area (Å²) in [6.07, 6.45) is 2.71. The molecule has 0 radical (unpaired) electrons. The van der Waals surface area contributed by atoms with Crippen molar-refractivity contribution in [2.75, 3.05) is 5.32 Å². The summed E-state index contributed by atoms with van der Waals surface area (Å²) in [5, 5.41) is 8.80. The third-order valence-corrected chi connectivity index (χ3v) is 6.74. The molecule has 0 unspecified atom stereocenters. The number of hydrogen-bond acceptors (Lipinski definition) is 6. The lowest BCUT2D eigenvalue weighted by molar-refractivity contribution is -0.116. The van der Waals surface area contributed by atoms with E-state index in [9.17, 15) is 9.59 Å². The molecule has 0 aliphatic carbocycles. The quantitative estimate of drug-likeness (QED) is 0.366. The van der Waals surface area contributed by atoms with E-state index < -0.39 is 0 Å². The van der Waals surface area contributed by atoms with Crippen LogP contribution in [0.25, 0.3) is 22.3 Å². The number of Topliss-reactive ketones (excluding diaryl/α,β-unsaturated/α-hetero) is 1. The average Bonchev–Trinajstić information content (AvgIpc) is 3.39. The number of carbonyl (C=O) groups is 2. The maximum absolute atomic E-state index is 12.7. The van der Waals surface area contributed by atoms with Crippen molar-refractivity contribution in [2.24, 2.45) is 0 Å². The van der Waals surface area contributed by atoms with E-state index in [1.54, 1.807) is 0 Å². The molecule has 8 heteroatoms. The number of nitrogens with one attached hydrogen (secondary N) is 1. The Labute approximate surface area is 196 Å². The molecule has 0 bridgehead atoms. The Balaban J connectivity index is 1.51. The molecule has 170 valence electrons. The summed E-state index contributed by atoms with van der Waals surface area (Å²) in [5.41, 5.74) is 5.42. The number of ketones is 1. The van der Waals surface area contributed by atoms with Crippen LogP contribution < -0.4 is 5.32 Å². The van der Waals surface area contributed by atoms with Crippen molar-refractivity contribution < 1.29 is 9.59 Å². The monoisotopic (exact) mass is 461 g/mol. The Morgan fingerprint density at radius 2 is 1.85 bits per heavy atom. The van der Waals surface area contributed by atoms with Crippen LogP contribution >= 0.6 is 11.3 Å². The van der Waals surface area contributed by atoms with E-state index in [0.717, 1.165) is 33.4 Å². The number of aryl methyl sites for hydroxylation is 2. The van der Waals surface area contributed by atoms with Gasteiger partial charge in [0.05, 0.1) is 16.8 Å². The Hall–Kier alpha value is -3.39. The van der Waals surface area contributed by atoms with Crippen molar-refractivity contribution >= 4 is 39.2 Å². The maximum atomic E-state index is 12.7. The van der Waals surface area contributed by atoms with Crippen molar-refractivity contribution in [3.8, 4) is 11.3 Å². The van der Waals surface area contributed by atoms with Crippen molar-refractivity contribution in [1.82, 2.24) is 19.7 Å². The summed E-state index contributed by atoms with van der Waals surface area (Å²) in [4.78, 5) is 34.7. The summed E-state index contributed by atoms with van der Waals surface area (Å²) >= 11 is 1.21. The average molecular weight is 462 g/mol. The zero-order chi connectivity index (χ0) is 23.7. The van der Waals surface area contributed by atoms with Gasteiger partial charge in [-0.3, -0.25) is 9.59 Å². The first kappa shape index (κ1) is 22.8. The van der Waals surface area contributed by atoms with Crippen molar-refractivity contribution in [3.63, 3.8) is 0 Å². The molecule has 0 aliphatic rings. The number of rotatable bonds is 7. The van der Waals surface area contributed by atoms with E-state index in [0.29, 0.717) is 28.5 Å². The van der Waals surface area contributed by atoms with Crippen molar-refractivity contribution in [3.05, 3.63) is 58.2 Å². The van der Waals surface area contributed by atoms with Gasteiger partial charge in [0.25, 0.3) is 0 Å². The Kier molecular flexibility index (Phi) is 6.37. The zero-order valence-corrected chi connectivity index (χ0v) is 20.3. The SMILES string of the molecule is CC(=O)c1sc(NC(=O)CCc2c(C)nc3c(cnn3C(C)C)c2C)nc1-c1ccccc1. The molecule has 0 saturated carbocycles. The van der Waals surface area contributed by atoms with Gasteiger partial charge < -0.3 is 5.32 Å². The zero-order valence-electron chi connectivity index (χ0n) is 19.5. The summed E-state index contributed by atoms with van der Waals surface area (Å²) in [6, 6.07) is 9.75. The fourth-order valence-electron chi connectivity index (χ4n) is 3.96. The smallest absolute Gasteiger partial charge is 0.226 e. The highest BCUT2D eigenvalue weighted by Crippen LogP contribution is 2.32. The number of hydrogen-bond donors (Lipinski definition) is 1. The molecule has 4 rings (SSSR count). The number of pyridine rings is 1. The van der Waals surface area contributed by atoms with Crippen LogP contribution in [0.1, 0.15) is 59.7 Å². The first-order valence-electron chi connectivity index (χ1n) is 11.0. The van der Waals surface area contributed by atoms with Gasteiger partial charge >= 0.3 is 0 Å².